The van der Waals surface area contributed by atoms with Crippen LogP contribution in [0.4, 0.5) is 5.69 Å². The van der Waals surface area contributed by atoms with Gasteiger partial charge in [0.2, 0.25) is 0 Å². The zero-order valence-corrected chi connectivity index (χ0v) is 17.9. The molecule has 0 aliphatic rings. The molecule has 0 aromatic heterocycles. The first-order valence-electron chi connectivity index (χ1n) is 10.1. The summed E-state index contributed by atoms with van der Waals surface area (Å²) in [5, 5.41) is 0. The van der Waals surface area contributed by atoms with Gasteiger partial charge in [0.25, 0.3) is 0 Å². The van der Waals surface area contributed by atoms with Gasteiger partial charge in [-0.3, -0.25) is 9.79 Å². The molecule has 0 heterocycles. The number of benzene rings is 2. The summed E-state index contributed by atoms with van der Waals surface area (Å²) in [6, 6.07) is 19.7. The summed E-state index contributed by atoms with van der Waals surface area (Å²) in [7, 11) is 0. The predicted molar refractivity (Wildman–Crippen MR) is 118 cm³/mol. The number of ether oxygens (including phenoxy) is 2. The van der Waals surface area contributed by atoms with Crippen LogP contribution in [0.3, 0.4) is 0 Å². The van der Waals surface area contributed by atoms with Gasteiger partial charge in [0, 0.05) is 5.71 Å². The molecular formula is C25H31NO3. The second-order valence-corrected chi connectivity index (χ2v) is 7.09. The van der Waals surface area contributed by atoms with Crippen LogP contribution in [0.5, 0.6) is 0 Å². The molecule has 29 heavy (non-hydrogen) atoms. The zero-order chi connectivity index (χ0) is 21.1. The molecule has 2 rings (SSSR count). The summed E-state index contributed by atoms with van der Waals surface area (Å²) in [5.41, 5.74) is 2.68. The van der Waals surface area contributed by atoms with E-state index in [1.165, 1.54) is 0 Å². The molecule has 154 valence electrons. The van der Waals surface area contributed by atoms with E-state index in [-0.39, 0.29) is 5.97 Å². The van der Waals surface area contributed by atoms with Crippen LogP contribution in [-0.4, -0.2) is 24.9 Å². The lowest BCUT2D eigenvalue weighted by atomic mass is 9.78. The average molecular weight is 394 g/mol. The fraction of sp³-hybridized carbons (Fsp3) is 0.360. The summed E-state index contributed by atoms with van der Waals surface area (Å²) in [4.78, 5) is 17.5. The van der Waals surface area contributed by atoms with Crippen LogP contribution < -0.4 is 0 Å². The van der Waals surface area contributed by atoms with Crippen molar-refractivity contribution in [2.24, 2.45) is 10.4 Å². The number of aliphatic imine (C=N–C) groups is 1. The first-order valence-corrected chi connectivity index (χ1v) is 10.1. The highest BCUT2D eigenvalue weighted by Crippen LogP contribution is 2.32. The van der Waals surface area contributed by atoms with E-state index in [0.29, 0.717) is 32.0 Å². The van der Waals surface area contributed by atoms with Gasteiger partial charge >= 0.3 is 5.97 Å². The lowest BCUT2D eigenvalue weighted by Crippen LogP contribution is -2.38. The molecule has 4 nitrogen and oxygen atoms in total. The maximum Gasteiger partial charge on any atom is 0.321 e. The Balaban J connectivity index is 2.09. The number of nitrogens with zero attached hydrogens (tertiary/aromatic N) is 1. The minimum atomic E-state index is -0.911. The number of carbonyl (C=O) groups is 1. The van der Waals surface area contributed by atoms with E-state index in [0.717, 1.165) is 16.8 Å². The van der Waals surface area contributed by atoms with Gasteiger partial charge in [0.05, 0.1) is 25.5 Å². The summed E-state index contributed by atoms with van der Waals surface area (Å²) in [5.74, 6) is -0.281. The molecule has 1 unspecified atom stereocenters. The minimum Gasteiger partial charge on any atom is -0.465 e. The number of hydrogen-bond donors (Lipinski definition) is 0. The van der Waals surface area contributed by atoms with Crippen LogP contribution in [0.25, 0.3) is 0 Å². The number of esters is 1. The summed E-state index contributed by atoms with van der Waals surface area (Å²) < 4.78 is 11.1. The van der Waals surface area contributed by atoms with Crippen LogP contribution in [0.1, 0.15) is 39.7 Å². The van der Waals surface area contributed by atoms with E-state index in [1.54, 1.807) is 0 Å². The molecule has 1 atom stereocenters. The van der Waals surface area contributed by atoms with E-state index in [9.17, 15) is 4.79 Å². The van der Waals surface area contributed by atoms with Gasteiger partial charge in [-0.25, -0.2) is 0 Å². The third-order valence-electron chi connectivity index (χ3n) is 5.07. The van der Waals surface area contributed by atoms with Crippen molar-refractivity contribution in [3.8, 4) is 0 Å². The van der Waals surface area contributed by atoms with Crippen molar-refractivity contribution >= 4 is 17.4 Å². The Morgan fingerprint density at radius 3 is 2.28 bits per heavy atom. The lowest BCUT2D eigenvalue weighted by molar-refractivity contribution is -0.148. The minimum absolute atomic E-state index is 0.281. The van der Waals surface area contributed by atoms with E-state index in [1.807, 2.05) is 94.4 Å². The third kappa shape index (κ3) is 6.40. The molecule has 0 bridgehead atoms. The molecule has 0 radical (unpaired) electrons. The maximum atomic E-state index is 12.8. The van der Waals surface area contributed by atoms with E-state index >= 15 is 0 Å². The molecule has 0 aliphatic carbocycles. The predicted octanol–water partition coefficient (Wildman–Crippen LogP) is 5.90. The molecular weight excluding hydrogens is 362 g/mol. The van der Waals surface area contributed by atoms with Crippen LogP contribution >= 0.6 is 0 Å². The Morgan fingerprint density at radius 1 is 1.03 bits per heavy atom. The first kappa shape index (κ1) is 22.6. The number of para-hydroxylation sites is 1. The van der Waals surface area contributed by atoms with Gasteiger partial charge in [0.15, 0.2) is 0 Å². The largest absolute Gasteiger partial charge is 0.465 e. The molecule has 0 fully saturated rings. The van der Waals surface area contributed by atoms with Crippen molar-refractivity contribution in [2.75, 3.05) is 13.2 Å². The number of carbonyl (C=O) groups excluding carboxylic acids is 1. The molecule has 0 aliphatic heterocycles. The second kappa shape index (κ2) is 11.3. The highest BCUT2D eigenvalue weighted by atomic mass is 16.5. The Morgan fingerprint density at radius 2 is 1.66 bits per heavy atom. The summed E-state index contributed by atoms with van der Waals surface area (Å²) >= 11 is 0. The fourth-order valence-electron chi connectivity index (χ4n) is 3.00. The van der Waals surface area contributed by atoms with Gasteiger partial charge in [-0.15, -0.1) is 0 Å². The van der Waals surface area contributed by atoms with E-state index < -0.39 is 5.41 Å². The molecule has 4 heteroatoms. The van der Waals surface area contributed by atoms with Gasteiger partial charge in [-0.1, -0.05) is 60.2 Å². The van der Waals surface area contributed by atoms with Gasteiger partial charge in [-0.2, -0.15) is 0 Å². The first-order chi connectivity index (χ1) is 14.0. The van der Waals surface area contributed by atoms with Crippen LogP contribution in [0.15, 0.2) is 77.3 Å². The van der Waals surface area contributed by atoms with Crippen LogP contribution in [0.2, 0.25) is 0 Å². The average Bonchev–Trinajstić information content (AvgIpc) is 2.74. The number of hydrogen-bond acceptors (Lipinski definition) is 4. The molecule has 0 amide bonds. The third-order valence-corrected chi connectivity index (χ3v) is 5.07. The van der Waals surface area contributed by atoms with Gasteiger partial charge in [-0.05, 0) is 51.8 Å². The highest BCUT2D eigenvalue weighted by Gasteiger charge is 2.39. The Bertz CT molecular complexity index is 828. The molecule has 2 aromatic carbocycles. The van der Waals surface area contributed by atoms with Gasteiger partial charge in [0.1, 0.15) is 5.41 Å². The topological polar surface area (TPSA) is 47.9 Å². The quantitative estimate of drug-likeness (QED) is 0.218. The normalized spacial score (nSPS) is 14.3. The van der Waals surface area contributed by atoms with Crippen molar-refractivity contribution in [2.45, 2.75) is 40.7 Å². The maximum absolute atomic E-state index is 12.8. The van der Waals surface area contributed by atoms with Crippen molar-refractivity contribution in [1.82, 2.24) is 0 Å². The van der Waals surface area contributed by atoms with Crippen molar-refractivity contribution in [3.05, 3.63) is 77.9 Å². The van der Waals surface area contributed by atoms with Crippen LogP contribution in [0, 0.1) is 5.41 Å². The Hall–Kier alpha value is -2.72. The highest BCUT2D eigenvalue weighted by molar-refractivity contribution is 6.09. The van der Waals surface area contributed by atoms with E-state index in [4.69, 9.17) is 9.47 Å². The zero-order valence-electron chi connectivity index (χ0n) is 17.9. The molecule has 0 saturated heterocycles. The van der Waals surface area contributed by atoms with Crippen molar-refractivity contribution in [1.29, 1.82) is 0 Å². The molecule has 0 N–H and O–H groups in total. The Kier molecular flexibility index (Phi) is 8.81. The second-order valence-electron chi connectivity index (χ2n) is 7.09. The van der Waals surface area contributed by atoms with Gasteiger partial charge < -0.3 is 9.47 Å². The lowest BCUT2D eigenvalue weighted by Gasteiger charge is -2.28. The molecule has 2 aromatic rings. The summed E-state index contributed by atoms with van der Waals surface area (Å²) in [6.07, 6.45) is 2.76. The SMILES string of the molecule is CCOC(=O)C(C)(C(C)=Nc1ccccc1)/C(C)=C/CCOCc1ccccc1. The van der Waals surface area contributed by atoms with E-state index in [2.05, 4.69) is 4.99 Å². The molecule has 0 spiro atoms. The Labute approximate surface area is 174 Å². The standard InChI is InChI=1S/C25H31NO3/c1-5-29-24(27)25(4,21(3)26-23-16-10-7-11-17-23)20(2)13-12-18-28-19-22-14-8-6-9-15-22/h6-11,13-17H,5,12,18-19H2,1-4H3/b20-13+,26-21?. The van der Waals surface area contributed by atoms with Crippen molar-refractivity contribution in [3.63, 3.8) is 0 Å². The molecule has 0 saturated carbocycles. The van der Waals surface area contributed by atoms with Crippen LogP contribution in [-0.2, 0) is 20.9 Å². The summed E-state index contributed by atoms with van der Waals surface area (Å²) in [6.45, 7) is 9.03. The monoisotopic (exact) mass is 393 g/mol. The fourth-order valence-corrected chi connectivity index (χ4v) is 3.00. The van der Waals surface area contributed by atoms with Crippen molar-refractivity contribution < 1.29 is 14.3 Å². The smallest absolute Gasteiger partial charge is 0.321 e. The number of rotatable bonds is 10.